The Morgan fingerprint density at radius 2 is 2.04 bits per heavy atom. The Morgan fingerprint density at radius 3 is 2.77 bits per heavy atom. The second-order valence-corrected chi connectivity index (χ2v) is 6.06. The number of carbonyl (C=O) groups is 1. The highest BCUT2D eigenvalue weighted by atomic mass is 16.5. The normalized spacial score (nSPS) is 10.5. The lowest BCUT2D eigenvalue weighted by atomic mass is 10.0. The van der Waals surface area contributed by atoms with E-state index in [0.29, 0.717) is 13.0 Å². The summed E-state index contributed by atoms with van der Waals surface area (Å²) < 4.78 is 5.89. The number of nitrogens with zero attached hydrogens (tertiary/aromatic N) is 2. The molecular weight excluding hydrogens is 328 g/mol. The highest BCUT2D eigenvalue weighted by Gasteiger charge is 2.05. The quantitative estimate of drug-likeness (QED) is 0.697. The van der Waals surface area contributed by atoms with Crippen molar-refractivity contribution >= 4 is 5.97 Å². The molecule has 1 heterocycles. The van der Waals surface area contributed by atoms with E-state index < -0.39 is 5.97 Å². The summed E-state index contributed by atoms with van der Waals surface area (Å²) in [5.41, 5.74) is 4.94. The number of aryl methyl sites for hydroxylation is 2. The zero-order valence-electron chi connectivity index (χ0n) is 14.6. The number of rotatable bonds is 7. The van der Waals surface area contributed by atoms with Gasteiger partial charge in [0.1, 0.15) is 12.4 Å². The fraction of sp³-hybridized carbons (Fsp3) is 0.190. The van der Waals surface area contributed by atoms with Crippen LogP contribution in [0.4, 0.5) is 0 Å². The zero-order valence-corrected chi connectivity index (χ0v) is 14.6. The summed E-state index contributed by atoms with van der Waals surface area (Å²) in [6.07, 6.45) is 5.73. The molecule has 2 aromatic carbocycles. The van der Waals surface area contributed by atoms with E-state index in [0.717, 1.165) is 33.7 Å². The summed E-state index contributed by atoms with van der Waals surface area (Å²) >= 11 is 0. The van der Waals surface area contributed by atoms with E-state index in [1.54, 1.807) is 18.6 Å². The Labute approximate surface area is 152 Å². The highest BCUT2D eigenvalue weighted by Crippen LogP contribution is 2.21. The first-order chi connectivity index (χ1) is 12.6. The van der Waals surface area contributed by atoms with Crippen LogP contribution in [0.3, 0.4) is 0 Å². The number of aromatic nitrogens is 2. The van der Waals surface area contributed by atoms with Crippen molar-refractivity contribution in [1.29, 1.82) is 0 Å². The maximum Gasteiger partial charge on any atom is 0.303 e. The predicted molar refractivity (Wildman–Crippen MR) is 98.9 cm³/mol. The molecule has 132 valence electrons. The molecule has 0 aliphatic rings. The number of benzene rings is 2. The van der Waals surface area contributed by atoms with Gasteiger partial charge in [-0.25, -0.2) is 0 Å². The summed E-state index contributed by atoms with van der Waals surface area (Å²) in [5.74, 6) is -0.0146. The summed E-state index contributed by atoms with van der Waals surface area (Å²) in [5, 5.41) is 8.80. The highest BCUT2D eigenvalue weighted by molar-refractivity contribution is 5.67. The fourth-order valence-corrected chi connectivity index (χ4v) is 2.72. The maximum atomic E-state index is 10.7. The third-order valence-corrected chi connectivity index (χ3v) is 4.11. The largest absolute Gasteiger partial charge is 0.489 e. The van der Waals surface area contributed by atoms with E-state index >= 15 is 0 Å². The van der Waals surface area contributed by atoms with Gasteiger partial charge in [0.25, 0.3) is 0 Å². The van der Waals surface area contributed by atoms with Crippen LogP contribution in [0, 0.1) is 6.92 Å². The molecule has 0 aliphatic heterocycles. The number of ether oxygens (including phenoxy) is 1. The van der Waals surface area contributed by atoms with E-state index in [2.05, 4.69) is 9.97 Å². The van der Waals surface area contributed by atoms with Gasteiger partial charge in [0.2, 0.25) is 0 Å². The van der Waals surface area contributed by atoms with Crippen LogP contribution in [0.25, 0.3) is 11.3 Å². The lowest BCUT2D eigenvalue weighted by molar-refractivity contribution is -0.136. The molecule has 1 aromatic heterocycles. The molecule has 0 spiro atoms. The summed E-state index contributed by atoms with van der Waals surface area (Å²) in [6, 6.07) is 13.8. The Morgan fingerprint density at radius 1 is 1.15 bits per heavy atom. The van der Waals surface area contributed by atoms with Gasteiger partial charge < -0.3 is 9.84 Å². The van der Waals surface area contributed by atoms with Crippen molar-refractivity contribution in [1.82, 2.24) is 9.97 Å². The second-order valence-electron chi connectivity index (χ2n) is 6.06. The lowest BCUT2D eigenvalue weighted by Crippen LogP contribution is -2.00. The maximum absolute atomic E-state index is 10.7. The molecule has 0 saturated carbocycles. The first kappa shape index (κ1) is 17.6. The molecule has 3 rings (SSSR count). The third-order valence-electron chi connectivity index (χ3n) is 4.11. The average molecular weight is 348 g/mol. The van der Waals surface area contributed by atoms with Crippen LogP contribution in [0.1, 0.15) is 23.1 Å². The number of carboxylic acid groups (broad SMARTS) is 1. The van der Waals surface area contributed by atoms with Crippen LogP contribution in [0.5, 0.6) is 5.75 Å². The molecule has 0 aliphatic carbocycles. The van der Waals surface area contributed by atoms with Crippen molar-refractivity contribution in [3.05, 3.63) is 77.7 Å². The Bertz CT molecular complexity index is 895. The third kappa shape index (κ3) is 4.66. The molecule has 1 N–H and O–H groups in total. The standard InChI is InChI=1S/C21H20N2O3/c1-15-11-19(7-5-17(15)6-8-21(24)25)26-14-16-3-2-4-18(12-16)20-13-22-9-10-23-20/h2-5,7,9-13H,6,8,14H2,1H3,(H,24,25). The van der Waals surface area contributed by atoms with E-state index in [-0.39, 0.29) is 6.42 Å². The van der Waals surface area contributed by atoms with Gasteiger partial charge in [0.15, 0.2) is 0 Å². The minimum Gasteiger partial charge on any atom is -0.489 e. The summed E-state index contributed by atoms with van der Waals surface area (Å²) in [7, 11) is 0. The van der Waals surface area contributed by atoms with E-state index in [9.17, 15) is 4.79 Å². The van der Waals surface area contributed by atoms with E-state index in [1.165, 1.54) is 0 Å². The first-order valence-corrected chi connectivity index (χ1v) is 8.41. The van der Waals surface area contributed by atoms with Gasteiger partial charge in [-0.05, 0) is 48.2 Å². The smallest absolute Gasteiger partial charge is 0.303 e. The van der Waals surface area contributed by atoms with Gasteiger partial charge in [0, 0.05) is 24.4 Å². The molecule has 0 atom stereocenters. The minimum atomic E-state index is -0.785. The van der Waals surface area contributed by atoms with Crippen LogP contribution in [0.2, 0.25) is 0 Å². The van der Waals surface area contributed by atoms with Gasteiger partial charge in [-0.3, -0.25) is 14.8 Å². The lowest BCUT2D eigenvalue weighted by Gasteiger charge is -2.11. The van der Waals surface area contributed by atoms with Crippen molar-refractivity contribution in [3.63, 3.8) is 0 Å². The van der Waals surface area contributed by atoms with Gasteiger partial charge in [0.05, 0.1) is 11.9 Å². The molecular formula is C21H20N2O3. The fourth-order valence-electron chi connectivity index (χ4n) is 2.72. The predicted octanol–water partition coefficient (Wildman–Crippen LogP) is 4.05. The van der Waals surface area contributed by atoms with E-state index in [4.69, 9.17) is 9.84 Å². The number of hydrogen-bond donors (Lipinski definition) is 1. The van der Waals surface area contributed by atoms with Crippen LogP contribution < -0.4 is 4.74 Å². The zero-order chi connectivity index (χ0) is 18.4. The Hall–Kier alpha value is -3.21. The molecule has 0 radical (unpaired) electrons. The number of carboxylic acids is 1. The number of hydrogen-bond acceptors (Lipinski definition) is 4. The molecule has 5 nitrogen and oxygen atoms in total. The van der Waals surface area contributed by atoms with Crippen LogP contribution in [0.15, 0.2) is 61.1 Å². The SMILES string of the molecule is Cc1cc(OCc2cccc(-c3cnccn3)c2)ccc1CCC(=O)O. The second kappa shape index (κ2) is 8.25. The summed E-state index contributed by atoms with van der Waals surface area (Å²) in [6.45, 7) is 2.42. The molecule has 0 saturated heterocycles. The topological polar surface area (TPSA) is 72.3 Å². The van der Waals surface area contributed by atoms with Crippen molar-refractivity contribution < 1.29 is 14.6 Å². The molecule has 0 fully saturated rings. The Kier molecular flexibility index (Phi) is 5.59. The number of aliphatic carboxylic acids is 1. The van der Waals surface area contributed by atoms with Crippen molar-refractivity contribution in [2.45, 2.75) is 26.4 Å². The van der Waals surface area contributed by atoms with Crippen LogP contribution >= 0.6 is 0 Å². The molecule has 0 bridgehead atoms. The average Bonchev–Trinajstić information content (AvgIpc) is 2.66. The molecule has 0 amide bonds. The monoisotopic (exact) mass is 348 g/mol. The first-order valence-electron chi connectivity index (χ1n) is 8.41. The van der Waals surface area contributed by atoms with Crippen LogP contribution in [-0.2, 0) is 17.8 Å². The minimum absolute atomic E-state index is 0.135. The molecule has 3 aromatic rings. The molecule has 0 unspecified atom stereocenters. The van der Waals surface area contributed by atoms with Gasteiger partial charge >= 0.3 is 5.97 Å². The van der Waals surface area contributed by atoms with Crippen molar-refractivity contribution in [2.75, 3.05) is 0 Å². The van der Waals surface area contributed by atoms with Gasteiger partial charge in [-0.15, -0.1) is 0 Å². The van der Waals surface area contributed by atoms with Gasteiger partial charge in [-0.1, -0.05) is 24.3 Å². The van der Waals surface area contributed by atoms with Crippen molar-refractivity contribution in [3.8, 4) is 17.0 Å². The van der Waals surface area contributed by atoms with Crippen molar-refractivity contribution in [2.24, 2.45) is 0 Å². The molecule has 26 heavy (non-hydrogen) atoms. The summed E-state index contributed by atoms with van der Waals surface area (Å²) in [4.78, 5) is 19.1. The Balaban J connectivity index is 1.66. The molecule has 5 heteroatoms. The van der Waals surface area contributed by atoms with E-state index in [1.807, 2.05) is 49.4 Å². The van der Waals surface area contributed by atoms with Gasteiger partial charge in [-0.2, -0.15) is 0 Å². The van der Waals surface area contributed by atoms with Crippen LogP contribution in [-0.4, -0.2) is 21.0 Å².